The van der Waals surface area contributed by atoms with Crippen LogP contribution in [0.4, 0.5) is 0 Å². The Morgan fingerprint density at radius 3 is 0.791 bits per heavy atom. The molecule has 0 N–H and O–H groups in total. The Morgan fingerprint density at radius 2 is 0.597 bits per heavy atom. The minimum atomic E-state index is -3.14. The molecule has 8 nitrogen and oxygen atoms in total. The molecule has 384 valence electrons. The third-order valence-electron chi connectivity index (χ3n) is 11.1. The summed E-state index contributed by atoms with van der Waals surface area (Å²) in [6.07, 6.45) is 1.99. The van der Waals surface area contributed by atoms with E-state index in [9.17, 15) is 0 Å². The zero-order chi connectivity index (χ0) is 51.1. The Hall–Kier alpha value is 0.311. The molecule has 0 saturated carbocycles. The van der Waals surface area contributed by atoms with E-state index >= 15 is 0 Å². The van der Waals surface area contributed by atoms with Gasteiger partial charge in [-0.25, -0.2) is 0 Å². The predicted molar refractivity (Wildman–Crippen MR) is 292 cm³/mol. The molecule has 0 heterocycles. The van der Waals surface area contributed by atoms with Crippen molar-refractivity contribution in [1.82, 2.24) is 0 Å². The van der Waals surface area contributed by atoms with Gasteiger partial charge in [0, 0.05) is 52.9 Å². The van der Waals surface area contributed by atoms with Gasteiger partial charge in [0.1, 0.15) is 23.2 Å². The first-order valence-corrected chi connectivity index (χ1v) is 32.4. The summed E-state index contributed by atoms with van der Waals surface area (Å²) in [4.78, 5) is -1.10. The summed E-state index contributed by atoms with van der Waals surface area (Å²) < 4.78 is 45.8. The quantitative estimate of drug-likeness (QED) is 0.0526. The molecule has 3 aromatic carbocycles. The van der Waals surface area contributed by atoms with Crippen LogP contribution in [0.15, 0.2) is 72.8 Å². The summed E-state index contributed by atoms with van der Waals surface area (Å²) in [7, 11) is -8.83. The first-order chi connectivity index (χ1) is 31.6. The van der Waals surface area contributed by atoms with Crippen molar-refractivity contribution in [1.29, 1.82) is 0 Å². The average Bonchev–Trinajstić information content (AvgIpc) is 3.31. The molecule has 0 saturated heterocycles. The maximum atomic E-state index is 7.09. The molecule has 0 spiro atoms. The van der Waals surface area contributed by atoms with E-state index in [0.29, 0.717) is 65.7 Å². The van der Waals surface area contributed by atoms with Crippen molar-refractivity contribution in [3.05, 3.63) is 106 Å². The number of hydrogen-bond donors (Lipinski definition) is 0. The smallest absolute Gasteiger partial charge is 0.393 e. The number of halogens is 8. The minimum absolute atomic E-state index is 0.0388. The van der Waals surface area contributed by atoms with E-state index in [1.165, 1.54) is 0 Å². The molecular weight excluding hydrogens is 1070 g/mol. The fourth-order valence-electron chi connectivity index (χ4n) is 7.68. The molecule has 4 atom stereocenters. The van der Waals surface area contributed by atoms with Gasteiger partial charge in [-0.05, 0) is 122 Å². The van der Waals surface area contributed by atoms with E-state index in [1.54, 1.807) is 0 Å². The molecule has 0 aliphatic rings. The van der Waals surface area contributed by atoms with Crippen LogP contribution in [0.1, 0.15) is 151 Å². The predicted octanol–water partition coefficient (Wildman–Crippen LogP) is 16.7. The fraction of sp³-hybridized carbons (Fsp3) is 0.625. The lowest BCUT2D eigenvalue weighted by atomic mass is 10.1. The van der Waals surface area contributed by atoms with Crippen molar-refractivity contribution < 1.29 is 35.4 Å². The SMILES string of the molecule is CCO[Si](C)(OCC)C(Cl)(CC)c1ccc(C(Cl)Cl)cc1.CCO[Si](OCC)(OCC)C(Cl)(CC)c1ccc(C(C)Cl)cc1.CCO[Si](OCC)(OCC)C(Cl)(CC)c1ccc(C(Cl)Cl)cc1. The molecule has 0 aliphatic heterocycles. The van der Waals surface area contributed by atoms with Crippen LogP contribution in [-0.2, 0) is 48.9 Å². The number of alkyl halides is 8. The fourth-order valence-corrected chi connectivity index (χ4v) is 19.1. The normalized spacial score (nSPS) is 15.4. The number of rotatable bonds is 28. The lowest BCUT2D eigenvalue weighted by Crippen LogP contribution is -2.60. The molecule has 0 aliphatic carbocycles. The zero-order valence-electron chi connectivity index (χ0n) is 41.7. The summed E-state index contributed by atoms with van der Waals surface area (Å²) in [5.74, 6) is 0. The van der Waals surface area contributed by atoms with Gasteiger partial charge in [0.05, 0.1) is 5.38 Å². The molecule has 4 unspecified atom stereocenters. The van der Waals surface area contributed by atoms with Crippen molar-refractivity contribution in [2.75, 3.05) is 52.9 Å². The topological polar surface area (TPSA) is 73.8 Å². The molecule has 0 fully saturated rings. The Bertz CT molecular complexity index is 1660. The van der Waals surface area contributed by atoms with Crippen LogP contribution in [0.25, 0.3) is 0 Å². The summed E-state index contributed by atoms with van der Waals surface area (Å²) in [5, 5.41) is -0.0388. The molecule has 3 rings (SSSR count). The highest BCUT2D eigenvalue weighted by Gasteiger charge is 2.62. The van der Waals surface area contributed by atoms with Crippen LogP contribution in [0.3, 0.4) is 0 Å². The molecule has 0 radical (unpaired) electrons. The van der Waals surface area contributed by atoms with Gasteiger partial charge in [-0.3, -0.25) is 0 Å². The second-order valence-electron chi connectivity index (χ2n) is 15.1. The van der Waals surface area contributed by atoms with Crippen molar-refractivity contribution >= 4 is 119 Å². The van der Waals surface area contributed by atoms with E-state index in [1.807, 2.05) is 156 Å². The van der Waals surface area contributed by atoms with E-state index < -0.39 is 49.3 Å². The highest BCUT2D eigenvalue weighted by molar-refractivity contribution is 6.77. The number of benzene rings is 3. The van der Waals surface area contributed by atoms with Crippen molar-refractivity contribution in [2.24, 2.45) is 0 Å². The van der Waals surface area contributed by atoms with Crippen LogP contribution in [0.5, 0.6) is 0 Å². The largest absolute Gasteiger partial charge is 0.527 e. The Balaban J connectivity index is 0.000000503. The maximum Gasteiger partial charge on any atom is 0.527 e. The van der Waals surface area contributed by atoms with Gasteiger partial charge in [-0.15, -0.1) is 92.8 Å². The third kappa shape index (κ3) is 16.7. The minimum Gasteiger partial charge on any atom is -0.393 e. The molecule has 19 heteroatoms. The highest BCUT2D eigenvalue weighted by atomic mass is 35.5. The van der Waals surface area contributed by atoms with Crippen molar-refractivity contribution in [2.45, 2.75) is 137 Å². The molecule has 0 amide bonds. The van der Waals surface area contributed by atoms with Crippen LogP contribution >= 0.6 is 92.8 Å². The first kappa shape index (κ1) is 65.3. The third-order valence-corrected chi connectivity index (χ3v) is 27.2. The van der Waals surface area contributed by atoms with Crippen LogP contribution < -0.4 is 0 Å². The lowest BCUT2D eigenvalue weighted by molar-refractivity contribution is 0.0547. The van der Waals surface area contributed by atoms with Crippen LogP contribution in [-0.4, -0.2) is 79.0 Å². The Kier molecular flexibility index (Phi) is 31.0. The molecule has 3 aromatic rings. The van der Waals surface area contributed by atoms with Crippen molar-refractivity contribution in [3.8, 4) is 0 Å². The monoisotopic (exact) mass is 1140 g/mol. The average molecular weight is 1150 g/mol. The second kappa shape index (κ2) is 31.8. The Morgan fingerprint density at radius 1 is 0.373 bits per heavy atom. The molecule has 67 heavy (non-hydrogen) atoms. The van der Waals surface area contributed by atoms with Gasteiger partial charge >= 0.3 is 26.2 Å². The maximum absolute atomic E-state index is 7.09. The van der Waals surface area contributed by atoms with Crippen LogP contribution in [0, 0.1) is 0 Å². The number of hydrogen-bond acceptors (Lipinski definition) is 8. The summed E-state index contributed by atoms with van der Waals surface area (Å²) in [6.45, 7) is 29.6. The van der Waals surface area contributed by atoms with Crippen LogP contribution in [0.2, 0.25) is 6.55 Å². The van der Waals surface area contributed by atoms with Gasteiger partial charge in [-0.2, -0.15) is 0 Å². The zero-order valence-corrected chi connectivity index (χ0v) is 50.8. The lowest BCUT2D eigenvalue weighted by Gasteiger charge is -2.41. The van der Waals surface area contributed by atoms with Gasteiger partial charge in [0.2, 0.25) is 0 Å². The Labute approximate surface area is 447 Å². The van der Waals surface area contributed by atoms with Gasteiger partial charge in [0.25, 0.3) is 0 Å². The van der Waals surface area contributed by atoms with Crippen molar-refractivity contribution in [3.63, 3.8) is 0 Å². The second-order valence-corrected chi connectivity index (χ2v) is 29.8. The summed E-state index contributed by atoms with van der Waals surface area (Å²) >= 11 is 50.9. The van der Waals surface area contributed by atoms with E-state index in [0.717, 1.165) is 39.8 Å². The van der Waals surface area contributed by atoms with Gasteiger partial charge in [0.15, 0.2) is 0 Å². The standard InChI is InChI=1S/C17H28Cl2O3Si.C16H25Cl3O3Si.C15H23Cl3O2Si/c1-6-17(19,16-12-10-15(11-13-16)14(5)18)23(20-7-2,21-8-3)22-9-4;1-5-16(19,14-11-9-13(10-12-14)15(17)18)23(20-6-2,21-7-3)22-8-4;1-5-15(18,21(4,19-6-2)20-7-3)13-10-8-12(9-11-13)14(16)17/h10-14H,6-9H2,1-5H3;9-12,15H,5-8H2,1-4H3;8-11,14H,5-7H2,1-4H3. The molecule has 0 aromatic heterocycles. The van der Waals surface area contributed by atoms with Gasteiger partial charge < -0.3 is 35.4 Å². The van der Waals surface area contributed by atoms with E-state index in [2.05, 4.69) is 6.92 Å². The summed E-state index contributed by atoms with van der Waals surface area (Å²) in [5.41, 5.74) is 5.56. The highest BCUT2D eigenvalue weighted by Crippen LogP contribution is 2.46. The summed E-state index contributed by atoms with van der Waals surface area (Å²) in [6, 6.07) is 23.3. The molecular formula is C48H76Cl8O8Si3. The van der Waals surface area contributed by atoms with E-state index in [-0.39, 0.29) is 5.38 Å². The van der Waals surface area contributed by atoms with Gasteiger partial charge in [-0.1, -0.05) is 93.6 Å². The molecule has 0 bridgehead atoms. The van der Waals surface area contributed by atoms with E-state index in [4.69, 9.17) is 128 Å². The first-order valence-electron chi connectivity index (χ1n) is 23.3.